The molecule has 0 saturated carbocycles. The van der Waals surface area contributed by atoms with Crippen molar-refractivity contribution < 1.29 is 9.47 Å². The molecule has 0 radical (unpaired) electrons. The second kappa shape index (κ2) is 12.9. The topological polar surface area (TPSA) is 23.4 Å². The lowest BCUT2D eigenvalue weighted by Gasteiger charge is -2.45. The molecule has 0 amide bonds. The smallest absolute Gasteiger partial charge is 0.260 e. The zero-order valence-corrected chi connectivity index (χ0v) is 33.6. The number of benzene rings is 9. The van der Waals surface area contributed by atoms with E-state index in [9.17, 15) is 0 Å². The number of aromatic nitrogens is 1. The Morgan fingerprint density at radius 2 is 0.850 bits per heavy atom. The van der Waals surface area contributed by atoms with E-state index in [-0.39, 0.29) is 13.4 Å². The molecule has 0 saturated heterocycles. The first-order chi connectivity index (χ1) is 29.8. The van der Waals surface area contributed by atoms with Crippen LogP contribution < -0.4 is 63.0 Å². The van der Waals surface area contributed by atoms with Crippen LogP contribution in [0, 0.1) is 0 Å². The first-order valence-corrected chi connectivity index (χ1v) is 22.8. The molecule has 0 unspecified atom stereocenters. The highest BCUT2D eigenvalue weighted by Crippen LogP contribution is 2.36. The molecule has 0 spiro atoms. The summed E-state index contributed by atoms with van der Waals surface area (Å²) in [6.45, 7) is -0.228. The van der Waals surface area contributed by atoms with Crippen molar-refractivity contribution in [2.75, 3.05) is 0 Å². The van der Waals surface area contributed by atoms with Gasteiger partial charge in [0.1, 0.15) is 23.0 Å². The van der Waals surface area contributed by atoms with E-state index in [1.807, 2.05) is 0 Å². The van der Waals surface area contributed by atoms with Crippen LogP contribution in [0.2, 0.25) is 0 Å². The summed E-state index contributed by atoms with van der Waals surface area (Å²) in [5, 5.41) is 7.83. The van der Waals surface area contributed by atoms with E-state index < -0.39 is 8.07 Å². The molecule has 13 rings (SSSR count). The molecule has 60 heavy (non-hydrogen) atoms. The SMILES string of the molecule is c1ccc([Si]2(c3ccccc3)c3ccccc3B(c3ccccc3-n3c4ccccc4c4ccccc43)c3c2cc2c4c3Oc3ccccc3B4c3ccccc3O2)cc1. The minimum atomic E-state index is -3.08. The van der Waals surface area contributed by atoms with Crippen molar-refractivity contribution >= 4 is 96.8 Å². The molecule has 0 bridgehead atoms. The van der Waals surface area contributed by atoms with Crippen LogP contribution in [-0.2, 0) is 0 Å². The van der Waals surface area contributed by atoms with Gasteiger partial charge in [-0.1, -0.05) is 181 Å². The van der Waals surface area contributed by atoms with E-state index in [1.165, 1.54) is 58.9 Å². The fourth-order valence-electron chi connectivity index (χ4n) is 11.1. The summed E-state index contributed by atoms with van der Waals surface area (Å²) in [6.07, 6.45) is 0. The summed E-state index contributed by atoms with van der Waals surface area (Å²) in [7, 11) is -3.08. The van der Waals surface area contributed by atoms with Crippen molar-refractivity contribution in [3.05, 3.63) is 212 Å². The Labute approximate surface area is 350 Å². The van der Waals surface area contributed by atoms with Crippen LogP contribution in [0.15, 0.2) is 212 Å². The Hall–Kier alpha value is -7.27. The normalized spacial score (nSPS) is 14.0. The van der Waals surface area contributed by atoms with Gasteiger partial charge >= 0.3 is 0 Å². The lowest BCUT2D eigenvalue weighted by Crippen LogP contribution is -2.87. The third-order valence-corrected chi connectivity index (χ3v) is 18.2. The first kappa shape index (κ1) is 33.7. The summed E-state index contributed by atoms with van der Waals surface area (Å²) >= 11 is 0. The van der Waals surface area contributed by atoms with Gasteiger partial charge in [0.15, 0.2) is 8.07 Å². The van der Waals surface area contributed by atoms with Crippen LogP contribution >= 0.6 is 0 Å². The minimum Gasteiger partial charge on any atom is -0.459 e. The Balaban J connectivity index is 1.21. The van der Waals surface area contributed by atoms with E-state index in [2.05, 4.69) is 217 Å². The fourth-order valence-corrected chi connectivity index (χ4v) is 16.3. The van der Waals surface area contributed by atoms with Gasteiger partial charge in [0.25, 0.3) is 6.71 Å². The van der Waals surface area contributed by atoms with Gasteiger partial charge < -0.3 is 14.0 Å². The minimum absolute atomic E-state index is 0.0508. The summed E-state index contributed by atoms with van der Waals surface area (Å²) in [5.74, 6) is 3.58. The lowest BCUT2D eigenvalue weighted by atomic mass is 9.31. The summed E-state index contributed by atoms with van der Waals surface area (Å²) in [4.78, 5) is 0. The second-order valence-corrected chi connectivity index (χ2v) is 20.0. The molecule has 10 aromatic rings. The summed E-state index contributed by atoms with van der Waals surface area (Å²) < 4.78 is 17.1. The molecule has 6 heteroatoms. The van der Waals surface area contributed by atoms with Crippen LogP contribution in [-0.4, -0.2) is 26.1 Å². The highest BCUT2D eigenvalue weighted by atomic mass is 28.3. The Bertz CT molecular complexity index is 3260. The van der Waals surface area contributed by atoms with E-state index in [0.717, 1.165) is 45.1 Å². The number of fused-ring (bicyclic) bond motifs is 10. The highest BCUT2D eigenvalue weighted by Gasteiger charge is 2.54. The highest BCUT2D eigenvalue weighted by molar-refractivity contribution is 7.26. The summed E-state index contributed by atoms with van der Waals surface area (Å²) in [5.41, 5.74) is 10.7. The predicted octanol–water partition coefficient (Wildman–Crippen LogP) is 5.72. The van der Waals surface area contributed by atoms with Gasteiger partial charge in [-0.2, -0.15) is 0 Å². The maximum Gasteiger partial charge on any atom is 0.260 e. The van der Waals surface area contributed by atoms with Crippen LogP contribution in [0.3, 0.4) is 0 Å². The number of para-hydroxylation sites is 5. The summed E-state index contributed by atoms with van der Waals surface area (Å²) in [6, 6.07) is 78.1. The standard InChI is InChI=1S/C54H35B2NO2Si/c1-3-19-36(20-4-1)60(37-21-5-2-6-22-37)50-34-18-12-28-43(50)55(40-25-9-15-31-46(40)57-44-29-13-7-23-38(44)39-24-8-14-30-45(39)57)53-51(60)35-49-52-54(53)59-48-33-17-11-27-42(48)56(52)41-26-10-16-32-47(41)58-49/h1-35H. The molecular weight excluding hydrogens is 744 g/mol. The number of ether oxygens (including phenoxy) is 2. The molecule has 0 aliphatic carbocycles. The molecule has 278 valence electrons. The van der Waals surface area contributed by atoms with Gasteiger partial charge in [-0.05, 0) is 79.0 Å². The van der Waals surface area contributed by atoms with Crippen molar-refractivity contribution in [3.8, 4) is 28.7 Å². The number of hydrogen-bond acceptors (Lipinski definition) is 2. The Morgan fingerprint density at radius 1 is 0.367 bits per heavy atom. The maximum absolute atomic E-state index is 7.48. The van der Waals surface area contributed by atoms with E-state index in [4.69, 9.17) is 9.47 Å². The average molecular weight is 780 g/mol. The number of rotatable bonds is 4. The average Bonchev–Trinajstić information content (AvgIpc) is 3.65. The maximum atomic E-state index is 7.48. The monoisotopic (exact) mass is 779 g/mol. The van der Waals surface area contributed by atoms with Crippen LogP contribution in [0.1, 0.15) is 0 Å². The van der Waals surface area contributed by atoms with Gasteiger partial charge in [-0.3, -0.25) is 0 Å². The van der Waals surface area contributed by atoms with Crippen molar-refractivity contribution in [2.45, 2.75) is 0 Å². The number of nitrogens with zero attached hydrogens (tertiary/aromatic N) is 1. The molecule has 3 aliphatic rings. The van der Waals surface area contributed by atoms with Crippen molar-refractivity contribution in [2.24, 2.45) is 0 Å². The third-order valence-electron chi connectivity index (χ3n) is 13.4. The first-order valence-electron chi connectivity index (χ1n) is 20.8. The van der Waals surface area contributed by atoms with Crippen molar-refractivity contribution in [1.29, 1.82) is 0 Å². The van der Waals surface area contributed by atoms with E-state index >= 15 is 0 Å². The van der Waals surface area contributed by atoms with Gasteiger partial charge in [-0.15, -0.1) is 0 Å². The van der Waals surface area contributed by atoms with Gasteiger partial charge in [0.05, 0.1) is 11.0 Å². The van der Waals surface area contributed by atoms with Crippen LogP contribution in [0.5, 0.6) is 23.0 Å². The molecular formula is C54H35B2NO2Si. The molecule has 0 fully saturated rings. The molecule has 9 aromatic carbocycles. The largest absolute Gasteiger partial charge is 0.459 e. The Morgan fingerprint density at radius 3 is 1.50 bits per heavy atom. The fraction of sp³-hybridized carbons (Fsp3) is 0. The van der Waals surface area contributed by atoms with Crippen LogP contribution in [0.25, 0.3) is 27.5 Å². The second-order valence-electron chi connectivity index (χ2n) is 16.2. The quantitative estimate of drug-likeness (QED) is 0.214. The van der Waals surface area contributed by atoms with Gasteiger partial charge in [-0.25, -0.2) is 0 Å². The molecule has 3 aliphatic heterocycles. The van der Waals surface area contributed by atoms with Crippen LogP contribution in [0.4, 0.5) is 0 Å². The van der Waals surface area contributed by atoms with Crippen molar-refractivity contribution in [3.63, 3.8) is 0 Å². The van der Waals surface area contributed by atoms with Crippen molar-refractivity contribution in [1.82, 2.24) is 4.57 Å². The third kappa shape index (κ3) is 4.51. The van der Waals surface area contributed by atoms with E-state index in [0.29, 0.717) is 0 Å². The zero-order valence-electron chi connectivity index (χ0n) is 32.6. The molecule has 1 aromatic heterocycles. The lowest BCUT2D eigenvalue weighted by molar-refractivity contribution is 0.467. The molecule has 3 nitrogen and oxygen atoms in total. The molecule has 0 N–H and O–H groups in total. The zero-order chi connectivity index (χ0) is 39.4. The molecule has 0 atom stereocenters. The Kier molecular flexibility index (Phi) is 7.22. The van der Waals surface area contributed by atoms with Gasteiger partial charge in [0, 0.05) is 21.9 Å². The number of hydrogen-bond donors (Lipinski definition) is 0. The predicted molar refractivity (Wildman–Crippen MR) is 253 cm³/mol. The van der Waals surface area contributed by atoms with Gasteiger partial charge in [0.2, 0.25) is 6.71 Å². The molecule has 4 heterocycles. The van der Waals surface area contributed by atoms with E-state index in [1.54, 1.807) is 0 Å².